The Morgan fingerprint density at radius 2 is 1.83 bits per heavy atom. The molecule has 0 saturated carbocycles. The Labute approximate surface area is 181 Å². The van der Waals surface area contributed by atoms with Crippen LogP contribution in [0.1, 0.15) is 0 Å². The minimum atomic E-state index is -3.84. The summed E-state index contributed by atoms with van der Waals surface area (Å²) in [5.41, 5.74) is 2.14. The van der Waals surface area contributed by atoms with Crippen molar-refractivity contribution in [3.05, 3.63) is 84.0 Å². The van der Waals surface area contributed by atoms with Gasteiger partial charge in [-0.1, -0.05) is 23.7 Å². The lowest BCUT2D eigenvalue weighted by Crippen LogP contribution is -2.29. The molecular weight excluding hydrogens is 445 g/mol. The maximum Gasteiger partial charge on any atom is 0.237 e. The molecule has 1 N–H and O–H groups in total. The third-order valence-corrected chi connectivity index (χ3v) is 8.18. The number of nitrogens with one attached hydrogen (secondary N) is 1. The van der Waals surface area contributed by atoms with Crippen LogP contribution in [0.15, 0.2) is 83.0 Å². The van der Waals surface area contributed by atoms with Gasteiger partial charge in [-0.05, 0) is 36.4 Å². The molecule has 30 heavy (non-hydrogen) atoms. The van der Waals surface area contributed by atoms with Crippen LogP contribution in [-0.4, -0.2) is 13.4 Å². The van der Waals surface area contributed by atoms with Crippen LogP contribution >= 0.6 is 22.4 Å². The highest BCUT2D eigenvalue weighted by atomic mass is 35.5. The van der Waals surface area contributed by atoms with Crippen LogP contribution in [0.25, 0.3) is 10.9 Å². The lowest BCUT2D eigenvalue weighted by atomic mass is 10.1. The molecular formula is C21H16ClFN3O2S2+. The van der Waals surface area contributed by atoms with E-state index in [4.69, 9.17) is 11.6 Å². The molecule has 0 bridgehead atoms. The molecule has 0 aliphatic rings. The van der Waals surface area contributed by atoms with Gasteiger partial charge in [-0.15, -0.1) is 0 Å². The van der Waals surface area contributed by atoms with Gasteiger partial charge in [0.25, 0.3) is 0 Å². The van der Waals surface area contributed by atoms with Gasteiger partial charge >= 0.3 is 0 Å². The molecule has 4 aromatic rings. The number of rotatable bonds is 5. The van der Waals surface area contributed by atoms with E-state index in [-0.39, 0.29) is 15.7 Å². The molecule has 0 aliphatic carbocycles. The Hall–Kier alpha value is -2.68. The van der Waals surface area contributed by atoms with Gasteiger partial charge in [0.15, 0.2) is 6.20 Å². The number of hydrogen-bond acceptors (Lipinski definition) is 5. The monoisotopic (exact) mass is 460 g/mol. The molecule has 0 unspecified atom stereocenters. The Bertz CT molecular complexity index is 1350. The summed E-state index contributed by atoms with van der Waals surface area (Å²) in [6, 6.07) is 14.9. The second-order valence-corrected chi connectivity index (χ2v) is 10.7. The molecule has 0 amide bonds. The molecule has 0 fully saturated rings. The van der Waals surface area contributed by atoms with E-state index in [0.29, 0.717) is 27.1 Å². The average Bonchev–Trinajstić information content (AvgIpc) is 2.72. The van der Waals surface area contributed by atoms with E-state index < -0.39 is 8.87 Å². The van der Waals surface area contributed by atoms with Crippen molar-refractivity contribution in [3.63, 3.8) is 0 Å². The Balaban J connectivity index is 1.86. The van der Waals surface area contributed by atoms with Crippen molar-refractivity contribution >= 4 is 53.5 Å². The summed E-state index contributed by atoms with van der Waals surface area (Å²) >= 11 is 6.10. The van der Waals surface area contributed by atoms with Gasteiger partial charge in [0.05, 0.1) is 16.1 Å². The number of aromatic nitrogens is 2. The van der Waals surface area contributed by atoms with Gasteiger partial charge in [0.1, 0.15) is 22.7 Å². The third-order valence-electron chi connectivity index (χ3n) is 4.43. The molecule has 4 rings (SSSR count). The summed E-state index contributed by atoms with van der Waals surface area (Å²) in [6.45, 7) is 0. The summed E-state index contributed by atoms with van der Waals surface area (Å²) in [6.07, 6.45) is 4.41. The predicted octanol–water partition coefficient (Wildman–Crippen LogP) is 5.08. The van der Waals surface area contributed by atoms with Gasteiger partial charge in [-0.2, -0.15) is 4.57 Å². The number of pyridine rings is 2. The molecule has 9 heteroatoms. The molecule has 0 aliphatic heterocycles. The quantitative estimate of drug-likeness (QED) is 0.332. The number of aryl methyl sites for hydroxylation is 1. The van der Waals surface area contributed by atoms with Gasteiger partial charge in [0, 0.05) is 34.9 Å². The number of fused-ring (bicyclic) bond motifs is 1. The molecule has 0 saturated heterocycles. The van der Waals surface area contributed by atoms with E-state index in [1.54, 1.807) is 18.3 Å². The van der Waals surface area contributed by atoms with Gasteiger partial charge in [-0.25, -0.2) is 12.8 Å². The first kappa shape index (κ1) is 20.6. The van der Waals surface area contributed by atoms with E-state index >= 15 is 0 Å². The summed E-state index contributed by atoms with van der Waals surface area (Å²) < 4.78 is 41.3. The summed E-state index contributed by atoms with van der Waals surface area (Å²) in [7, 11) is -1.32. The van der Waals surface area contributed by atoms with Crippen LogP contribution in [0.2, 0.25) is 5.02 Å². The lowest BCUT2D eigenvalue weighted by Gasteiger charge is -2.14. The molecule has 2 aromatic heterocycles. The Morgan fingerprint density at radius 3 is 2.57 bits per heavy atom. The number of nitrogens with zero attached hydrogens (tertiary/aromatic N) is 2. The van der Waals surface area contributed by atoms with Crippen LogP contribution in [-0.2, 0) is 15.9 Å². The number of hydrogen-bond donors (Lipinski definition) is 1. The van der Waals surface area contributed by atoms with Crippen molar-refractivity contribution < 1.29 is 17.4 Å². The number of halogens is 2. The fourth-order valence-electron chi connectivity index (χ4n) is 3.02. The topological polar surface area (TPSA) is 62.9 Å². The van der Waals surface area contributed by atoms with Crippen LogP contribution in [0.5, 0.6) is 0 Å². The van der Waals surface area contributed by atoms with Gasteiger partial charge < -0.3 is 5.32 Å². The van der Waals surface area contributed by atoms with Crippen molar-refractivity contribution in [2.75, 3.05) is 5.32 Å². The third kappa shape index (κ3) is 4.12. The van der Waals surface area contributed by atoms with Crippen LogP contribution in [0.4, 0.5) is 15.8 Å². The Morgan fingerprint density at radius 1 is 1.10 bits per heavy atom. The number of anilines is 2. The smallest absolute Gasteiger partial charge is 0.237 e. The van der Waals surface area contributed by atoms with E-state index in [2.05, 4.69) is 10.3 Å². The SMILES string of the molecule is C[n+]1cc(SS(=O)(=O)c2cnccc2Cl)c(Nc2ccc(F)cc2)c2ccccc21. The molecule has 2 heterocycles. The van der Waals surface area contributed by atoms with Crippen LogP contribution < -0.4 is 9.88 Å². The van der Waals surface area contributed by atoms with Crippen molar-refractivity contribution in [2.24, 2.45) is 7.05 Å². The van der Waals surface area contributed by atoms with E-state index in [9.17, 15) is 12.8 Å². The molecule has 2 aromatic carbocycles. The maximum absolute atomic E-state index is 13.3. The van der Waals surface area contributed by atoms with Crippen LogP contribution in [0.3, 0.4) is 0 Å². The largest absolute Gasteiger partial charge is 0.354 e. The van der Waals surface area contributed by atoms with Crippen molar-refractivity contribution in [3.8, 4) is 0 Å². The second kappa shape index (κ2) is 8.22. The van der Waals surface area contributed by atoms with Crippen molar-refractivity contribution in [1.29, 1.82) is 0 Å². The first-order valence-corrected chi connectivity index (χ1v) is 12.0. The number of benzene rings is 2. The van der Waals surface area contributed by atoms with Crippen LogP contribution in [0, 0.1) is 5.82 Å². The van der Waals surface area contributed by atoms with E-state index in [1.807, 2.05) is 35.9 Å². The molecule has 0 atom stereocenters. The van der Waals surface area contributed by atoms with Gasteiger partial charge in [0.2, 0.25) is 14.4 Å². The number of para-hydroxylation sites is 1. The first-order chi connectivity index (χ1) is 14.3. The summed E-state index contributed by atoms with van der Waals surface area (Å²) in [5.74, 6) is -0.353. The van der Waals surface area contributed by atoms with E-state index in [1.165, 1.54) is 30.6 Å². The van der Waals surface area contributed by atoms with Gasteiger partial charge in [-0.3, -0.25) is 4.98 Å². The molecule has 5 nitrogen and oxygen atoms in total. The highest BCUT2D eigenvalue weighted by Crippen LogP contribution is 2.40. The van der Waals surface area contributed by atoms with Crippen molar-refractivity contribution in [2.45, 2.75) is 9.79 Å². The lowest BCUT2D eigenvalue weighted by molar-refractivity contribution is -0.646. The summed E-state index contributed by atoms with van der Waals surface area (Å²) in [5, 5.41) is 4.17. The standard InChI is InChI=1S/C21H15ClFN3O2S2/c1-26-13-19(29-30(27,28)20-12-24-11-10-17(20)22)21(16-4-2-3-5-18(16)26)25-15-8-6-14(23)7-9-15/h2-13H,1H3/p+1. The summed E-state index contributed by atoms with van der Waals surface area (Å²) in [4.78, 5) is 4.30. The highest BCUT2D eigenvalue weighted by Gasteiger charge is 2.26. The zero-order chi connectivity index (χ0) is 21.3. The maximum atomic E-state index is 13.3. The predicted molar refractivity (Wildman–Crippen MR) is 117 cm³/mol. The second-order valence-electron chi connectivity index (χ2n) is 6.47. The van der Waals surface area contributed by atoms with E-state index in [0.717, 1.165) is 10.9 Å². The molecule has 0 radical (unpaired) electrons. The fraction of sp³-hybridized carbons (Fsp3) is 0.0476. The Kier molecular flexibility index (Phi) is 5.64. The molecule has 0 spiro atoms. The zero-order valence-corrected chi connectivity index (χ0v) is 18.1. The fourth-order valence-corrected chi connectivity index (χ4v) is 6.59. The van der Waals surface area contributed by atoms with Crippen molar-refractivity contribution in [1.82, 2.24) is 4.98 Å². The minimum Gasteiger partial charge on any atom is -0.354 e. The normalized spacial score (nSPS) is 11.6. The zero-order valence-electron chi connectivity index (χ0n) is 15.7. The highest BCUT2D eigenvalue weighted by molar-refractivity contribution is 8.72. The minimum absolute atomic E-state index is 0.0554. The average molecular weight is 461 g/mol. The first-order valence-electron chi connectivity index (χ1n) is 8.83. The molecule has 152 valence electrons.